The van der Waals surface area contributed by atoms with E-state index in [0.29, 0.717) is 5.25 Å². The number of hydrogen-bond donors (Lipinski definition) is 1. The molecule has 0 bridgehead atoms. The number of alkyl halides is 4. The van der Waals surface area contributed by atoms with Crippen molar-refractivity contribution in [2.75, 3.05) is 5.73 Å². The molecule has 230 valence electrons. The van der Waals surface area contributed by atoms with Crippen LogP contribution < -0.4 is 11.4 Å². The molecule has 0 aliphatic carbocycles. The summed E-state index contributed by atoms with van der Waals surface area (Å²) in [6, 6.07) is 1.53. The number of carbonyl (C=O) groups is 1. The molecule has 0 saturated carbocycles. The highest BCUT2D eigenvalue weighted by Crippen LogP contribution is 2.48. The second kappa shape index (κ2) is 16.4. The first-order valence-corrected chi connectivity index (χ1v) is 17.6. The number of carbonyl (C=O) groups excluding carboxylic acids is 1. The molecule has 0 amide bonds. The Balaban J connectivity index is 0.000000218. The summed E-state index contributed by atoms with van der Waals surface area (Å²) >= 11 is 7.98. The first kappa shape index (κ1) is 35.7. The standard InChI is InChI=1S/C11H16FN3OS.C9H15FO2S.C7H12BrFS/c1-3-7-6(2)9(12)10(17-7)15-5-4-8(13)14-11(15)16;1-4-7-5(2)8(10)9(13-7)12-6(3)11;1-3-5-4(2)6(9)7(8)10-5/h4-7,9-10H,3H2,1-2H3,(H2,13,14,16);5,7-9H,4H2,1-3H3;4-7H,3H2,1-2H3/t6-,7-,9+,10?;5-,7-,8+,9?;4-,5-,6+,7?/m111/s1. The number of esters is 1. The summed E-state index contributed by atoms with van der Waals surface area (Å²) in [4.78, 5) is 25.9. The van der Waals surface area contributed by atoms with Gasteiger partial charge < -0.3 is 10.5 Å². The molecule has 3 unspecified atom stereocenters. The lowest BCUT2D eigenvalue weighted by Gasteiger charge is -2.15. The average molecular weight is 691 g/mol. The molecule has 0 aromatic carbocycles. The van der Waals surface area contributed by atoms with Gasteiger partial charge in [0.1, 0.15) is 23.5 Å². The number of nitrogens with two attached hydrogens (primary N) is 1. The van der Waals surface area contributed by atoms with Gasteiger partial charge in [0.05, 0.1) is 4.16 Å². The monoisotopic (exact) mass is 689 g/mol. The Morgan fingerprint density at radius 3 is 1.85 bits per heavy atom. The van der Waals surface area contributed by atoms with Crippen molar-refractivity contribution in [3.63, 3.8) is 0 Å². The van der Waals surface area contributed by atoms with Crippen LogP contribution in [0.2, 0.25) is 0 Å². The lowest BCUT2D eigenvalue weighted by Crippen LogP contribution is -2.29. The van der Waals surface area contributed by atoms with E-state index in [4.69, 9.17) is 10.5 Å². The highest BCUT2D eigenvalue weighted by molar-refractivity contribution is 9.11. The van der Waals surface area contributed by atoms with Crippen molar-refractivity contribution in [2.45, 2.75) is 117 Å². The minimum absolute atomic E-state index is 0.0145. The van der Waals surface area contributed by atoms with Crippen LogP contribution in [0.4, 0.5) is 19.0 Å². The van der Waals surface area contributed by atoms with Gasteiger partial charge in [0, 0.05) is 46.6 Å². The first-order chi connectivity index (χ1) is 18.8. The lowest BCUT2D eigenvalue weighted by atomic mass is 10.0. The van der Waals surface area contributed by atoms with Gasteiger partial charge >= 0.3 is 11.7 Å². The molecule has 3 fully saturated rings. The number of ether oxygens (including phenoxy) is 1. The number of halogens is 4. The van der Waals surface area contributed by atoms with Crippen LogP contribution in [0.5, 0.6) is 0 Å². The number of anilines is 1. The van der Waals surface area contributed by atoms with Crippen LogP contribution in [0.15, 0.2) is 17.1 Å². The maximum Gasteiger partial charge on any atom is 0.350 e. The predicted molar refractivity (Wildman–Crippen MR) is 167 cm³/mol. The first-order valence-electron chi connectivity index (χ1n) is 13.8. The molecule has 1 aromatic heterocycles. The SMILES string of the molecule is CC[C@H]1SC(Br)[C@@H](F)[C@@H]1C.CC[C@H]1SC(OC(C)=O)[C@@H](F)[C@@H]1C.CC[C@H]1SC(n2ccc(N)nc2=O)[C@@H](F)[C@@H]1C. The Hall–Kier alpha value is -0.530. The van der Waals surface area contributed by atoms with Gasteiger partial charge in [-0.1, -0.05) is 57.5 Å². The third kappa shape index (κ3) is 8.99. The van der Waals surface area contributed by atoms with E-state index in [1.165, 1.54) is 47.3 Å². The van der Waals surface area contributed by atoms with E-state index in [-0.39, 0.29) is 38.2 Å². The Bertz CT molecular complexity index is 1010. The zero-order chi connectivity index (χ0) is 30.3. The van der Waals surface area contributed by atoms with Crippen LogP contribution in [0.3, 0.4) is 0 Å². The van der Waals surface area contributed by atoms with E-state index in [9.17, 15) is 22.8 Å². The van der Waals surface area contributed by atoms with Crippen LogP contribution >= 0.6 is 51.2 Å². The van der Waals surface area contributed by atoms with E-state index < -0.39 is 41.0 Å². The smallest absolute Gasteiger partial charge is 0.350 e. The molecule has 0 spiro atoms. The summed E-state index contributed by atoms with van der Waals surface area (Å²) in [6.45, 7) is 13.2. The van der Waals surface area contributed by atoms with Gasteiger partial charge in [-0.25, -0.2) is 18.0 Å². The fraction of sp³-hybridized carbons (Fsp3) is 0.815. The molecule has 0 radical (unpaired) electrons. The number of rotatable bonds is 5. The van der Waals surface area contributed by atoms with Crippen molar-refractivity contribution in [2.24, 2.45) is 17.8 Å². The van der Waals surface area contributed by atoms with Gasteiger partial charge in [-0.3, -0.25) is 9.36 Å². The summed E-state index contributed by atoms with van der Waals surface area (Å²) < 4.78 is 47.0. The lowest BCUT2D eigenvalue weighted by molar-refractivity contribution is -0.144. The number of nitrogen functional groups attached to an aromatic ring is 1. The Morgan fingerprint density at radius 2 is 1.45 bits per heavy atom. The molecule has 3 aliphatic heterocycles. The Morgan fingerprint density at radius 1 is 0.950 bits per heavy atom. The van der Waals surface area contributed by atoms with Crippen molar-refractivity contribution in [1.29, 1.82) is 0 Å². The molecular formula is C27H43BrF3N3O3S3. The van der Waals surface area contributed by atoms with E-state index >= 15 is 0 Å². The average Bonchev–Trinajstić information content (AvgIpc) is 3.45. The molecule has 4 rings (SSSR count). The maximum absolute atomic E-state index is 14.1. The Labute approximate surface area is 257 Å². The van der Waals surface area contributed by atoms with Crippen molar-refractivity contribution in [1.82, 2.24) is 9.55 Å². The largest absolute Gasteiger partial charge is 0.448 e. The molecular weight excluding hydrogens is 647 g/mol. The Kier molecular flexibility index (Phi) is 14.6. The van der Waals surface area contributed by atoms with Crippen molar-refractivity contribution >= 4 is 63.0 Å². The van der Waals surface area contributed by atoms with Crippen LogP contribution in [-0.2, 0) is 9.53 Å². The third-order valence-electron chi connectivity index (χ3n) is 7.59. The molecule has 2 N–H and O–H groups in total. The quantitative estimate of drug-likeness (QED) is 0.253. The molecule has 3 aliphatic rings. The number of hydrogen-bond acceptors (Lipinski definition) is 8. The highest BCUT2D eigenvalue weighted by atomic mass is 79.9. The van der Waals surface area contributed by atoms with Crippen LogP contribution in [0.1, 0.15) is 73.1 Å². The van der Waals surface area contributed by atoms with E-state index in [1.807, 2.05) is 34.6 Å². The summed E-state index contributed by atoms with van der Waals surface area (Å²) in [7, 11) is 0. The van der Waals surface area contributed by atoms with Gasteiger partial charge in [-0.2, -0.15) is 4.98 Å². The molecule has 40 heavy (non-hydrogen) atoms. The summed E-state index contributed by atoms with van der Waals surface area (Å²) in [6.07, 6.45) is 1.74. The van der Waals surface area contributed by atoms with Crippen LogP contribution in [-0.4, -0.2) is 59.4 Å². The molecule has 13 heteroatoms. The van der Waals surface area contributed by atoms with Crippen molar-refractivity contribution in [3.8, 4) is 0 Å². The second-order valence-electron chi connectivity index (χ2n) is 10.4. The van der Waals surface area contributed by atoms with Gasteiger partial charge in [0.25, 0.3) is 0 Å². The molecule has 4 heterocycles. The molecule has 3 saturated heterocycles. The van der Waals surface area contributed by atoms with Gasteiger partial charge in [0.2, 0.25) is 0 Å². The van der Waals surface area contributed by atoms with Crippen molar-refractivity contribution in [3.05, 3.63) is 22.7 Å². The molecule has 6 nitrogen and oxygen atoms in total. The number of aromatic nitrogens is 2. The molecule has 1 aromatic rings. The fourth-order valence-electron chi connectivity index (χ4n) is 4.98. The molecule has 12 atom stereocenters. The van der Waals surface area contributed by atoms with Gasteiger partial charge in [-0.15, -0.1) is 35.3 Å². The summed E-state index contributed by atoms with van der Waals surface area (Å²) in [5.41, 5.74) is 4.35. The fourth-order valence-corrected chi connectivity index (χ4v) is 10.8. The maximum atomic E-state index is 14.1. The third-order valence-corrected chi connectivity index (χ3v) is 14.0. The number of thioether (sulfide) groups is 3. The number of nitrogens with zero attached hydrogens (tertiary/aromatic N) is 2. The van der Waals surface area contributed by atoms with Gasteiger partial charge in [0.15, 0.2) is 11.6 Å². The second-order valence-corrected chi connectivity index (χ2v) is 16.1. The minimum atomic E-state index is -1.02. The van der Waals surface area contributed by atoms with E-state index in [2.05, 4.69) is 27.8 Å². The van der Waals surface area contributed by atoms with E-state index in [0.717, 1.165) is 19.3 Å². The minimum Gasteiger partial charge on any atom is -0.448 e. The predicted octanol–water partition coefficient (Wildman–Crippen LogP) is 7.41. The summed E-state index contributed by atoms with van der Waals surface area (Å²) in [5.74, 6) is -0.0629. The topological polar surface area (TPSA) is 87.2 Å². The highest BCUT2D eigenvalue weighted by Gasteiger charge is 2.43. The zero-order valence-electron chi connectivity index (χ0n) is 24.1. The van der Waals surface area contributed by atoms with Crippen molar-refractivity contribution < 1.29 is 22.7 Å². The summed E-state index contributed by atoms with van der Waals surface area (Å²) in [5, 5.41) is 0.564. The van der Waals surface area contributed by atoms with Gasteiger partial charge in [-0.05, 0) is 25.3 Å². The van der Waals surface area contributed by atoms with Crippen LogP contribution in [0.25, 0.3) is 0 Å². The van der Waals surface area contributed by atoms with Crippen LogP contribution in [0, 0.1) is 17.8 Å². The van der Waals surface area contributed by atoms with E-state index in [1.54, 1.807) is 11.8 Å². The zero-order valence-corrected chi connectivity index (χ0v) is 28.2. The normalized spacial score (nSPS) is 38.7.